The van der Waals surface area contributed by atoms with Gasteiger partial charge in [-0.15, -0.1) is 0 Å². The SMILES string of the molecule is COc1ccc(C2=C(Cl)C(=O)N(c3ccc(N4CCC(C)CC4)cc3)C2=O)cc1. The third-order valence-corrected chi connectivity index (χ3v) is 6.01. The molecule has 2 aliphatic rings. The Labute approximate surface area is 175 Å². The van der Waals surface area contributed by atoms with E-state index in [2.05, 4.69) is 11.8 Å². The standard InChI is InChI=1S/C23H23ClN2O3/c1-15-11-13-25(14-12-15)17-5-7-18(8-6-17)26-22(27)20(21(24)23(26)28)16-3-9-19(29-2)10-4-16/h3-10,15H,11-14H2,1-2H3. The number of hydrogen-bond acceptors (Lipinski definition) is 4. The summed E-state index contributed by atoms with van der Waals surface area (Å²) in [6, 6.07) is 14.5. The number of benzene rings is 2. The van der Waals surface area contributed by atoms with Crippen LogP contribution in [0.5, 0.6) is 5.75 Å². The second kappa shape index (κ2) is 7.91. The van der Waals surface area contributed by atoms with Crippen LogP contribution in [0.1, 0.15) is 25.3 Å². The maximum absolute atomic E-state index is 13.0. The first kappa shape index (κ1) is 19.5. The van der Waals surface area contributed by atoms with Crippen LogP contribution in [0.15, 0.2) is 53.6 Å². The van der Waals surface area contributed by atoms with Crippen LogP contribution in [-0.2, 0) is 9.59 Å². The summed E-state index contributed by atoms with van der Waals surface area (Å²) in [5, 5.41) is -0.0609. The second-order valence-corrected chi connectivity index (χ2v) is 7.93. The summed E-state index contributed by atoms with van der Waals surface area (Å²) in [4.78, 5) is 29.2. The molecule has 0 aromatic heterocycles. The molecule has 2 aliphatic heterocycles. The van der Waals surface area contributed by atoms with Crippen molar-refractivity contribution in [3.05, 3.63) is 59.1 Å². The Balaban J connectivity index is 1.56. The zero-order valence-corrected chi connectivity index (χ0v) is 17.3. The molecule has 6 heteroatoms. The van der Waals surface area contributed by atoms with Gasteiger partial charge in [0.25, 0.3) is 11.8 Å². The number of anilines is 2. The average molecular weight is 411 g/mol. The van der Waals surface area contributed by atoms with Crippen LogP contribution >= 0.6 is 11.6 Å². The number of imide groups is 1. The molecule has 2 amide bonds. The summed E-state index contributed by atoms with van der Waals surface area (Å²) in [5.41, 5.74) is 2.44. The van der Waals surface area contributed by atoms with Crippen molar-refractivity contribution in [3.63, 3.8) is 0 Å². The summed E-state index contributed by atoms with van der Waals surface area (Å²) in [5.74, 6) is 0.517. The molecule has 29 heavy (non-hydrogen) atoms. The summed E-state index contributed by atoms with van der Waals surface area (Å²) < 4.78 is 5.15. The Morgan fingerprint density at radius 3 is 2.07 bits per heavy atom. The molecule has 0 atom stereocenters. The van der Waals surface area contributed by atoms with E-state index in [1.54, 1.807) is 31.4 Å². The Morgan fingerprint density at radius 2 is 1.48 bits per heavy atom. The van der Waals surface area contributed by atoms with Crippen molar-refractivity contribution >= 4 is 40.4 Å². The molecule has 4 rings (SSSR count). The fourth-order valence-corrected chi connectivity index (χ4v) is 4.10. The van der Waals surface area contributed by atoms with Gasteiger partial charge in [0.2, 0.25) is 0 Å². The summed E-state index contributed by atoms with van der Waals surface area (Å²) >= 11 is 6.27. The van der Waals surface area contributed by atoms with Crippen molar-refractivity contribution in [2.75, 3.05) is 30.0 Å². The first-order chi connectivity index (χ1) is 14.0. The normalized spacial score (nSPS) is 18.0. The lowest BCUT2D eigenvalue weighted by Crippen LogP contribution is -2.33. The summed E-state index contributed by atoms with van der Waals surface area (Å²) in [6.07, 6.45) is 2.35. The number of methoxy groups -OCH3 is 1. The monoisotopic (exact) mass is 410 g/mol. The number of amides is 2. The molecule has 0 unspecified atom stereocenters. The minimum absolute atomic E-state index is 0.0609. The molecule has 0 bridgehead atoms. The predicted molar refractivity (Wildman–Crippen MR) is 115 cm³/mol. The van der Waals surface area contributed by atoms with Crippen LogP contribution in [-0.4, -0.2) is 32.0 Å². The topological polar surface area (TPSA) is 49.9 Å². The van der Waals surface area contributed by atoms with Gasteiger partial charge >= 0.3 is 0 Å². The third-order valence-electron chi connectivity index (χ3n) is 5.66. The maximum atomic E-state index is 13.0. The molecule has 150 valence electrons. The lowest BCUT2D eigenvalue weighted by molar-refractivity contribution is -0.119. The summed E-state index contributed by atoms with van der Waals surface area (Å²) in [6.45, 7) is 4.33. The van der Waals surface area contributed by atoms with Gasteiger partial charge in [0.05, 0.1) is 18.4 Å². The Morgan fingerprint density at radius 1 is 0.897 bits per heavy atom. The van der Waals surface area contributed by atoms with Crippen molar-refractivity contribution in [1.29, 1.82) is 0 Å². The highest BCUT2D eigenvalue weighted by Gasteiger charge is 2.39. The van der Waals surface area contributed by atoms with E-state index in [0.717, 1.165) is 29.6 Å². The number of carbonyl (C=O) groups excluding carboxylic acids is 2. The second-order valence-electron chi connectivity index (χ2n) is 7.55. The fraction of sp³-hybridized carbons (Fsp3) is 0.304. The van der Waals surface area contributed by atoms with Crippen LogP contribution in [0.25, 0.3) is 5.57 Å². The van der Waals surface area contributed by atoms with Crippen LogP contribution in [0, 0.1) is 5.92 Å². The number of rotatable bonds is 4. The molecule has 0 saturated carbocycles. The van der Waals surface area contributed by atoms with Gasteiger partial charge in [-0.1, -0.05) is 30.7 Å². The molecule has 0 N–H and O–H groups in total. The van der Waals surface area contributed by atoms with Crippen molar-refractivity contribution in [2.24, 2.45) is 5.92 Å². The number of carbonyl (C=O) groups is 2. The Bertz CT molecular complexity index is 959. The highest BCUT2D eigenvalue weighted by atomic mass is 35.5. The molecule has 2 aromatic carbocycles. The lowest BCUT2D eigenvalue weighted by atomic mass is 9.99. The zero-order chi connectivity index (χ0) is 20.5. The minimum atomic E-state index is -0.498. The molecule has 0 radical (unpaired) electrons. The van der Waals surface area contributed by atoms with Gasteiger partial charge in [0.15, 0.2) is 0 Å². The smallest absolute Gasteiger partial charge is 0.277 e. The minimum Gasteiger partial charge on any atom is -0.497 e. The van der Waals surface area contributed by atoms with E-state index in [9.17, 15) is 9.59 Å². The van der Waals surface area contributed by atoms with Gasteiger partial charge in [-0.05, 0) is 60.7 Å². The number of halogens is 1. The van der Waals surface area contributed by atoms with Crippen molar-refractivity contribution in [3.8, 4) is 5.75 Å². The largest absolute Gasteiger partial charge is 0.497 e. The Kier molecular flexibility index (Phi) is 5.33. The van der Waals surface area contributed by atoms with E-state index in [0.29, 0.717) is 17.0 Å². The van der Waals surface area contributed by atoms with Gasteiger partial charge in [-0.3, -0.25) is 9.59 Å². The van der Waals surface area contributed by atoms with Gasteiger partial charge in [-0.25, -0.2) is 4.90 Å². The molecule has 2 heterocycles. The number of nitrogens with zero attached hydrogens (tertiary/aromatic N) is 2. The van der Waals surface area contributed by atoms with Crippen molar-refractivity contribution in [1.82, 2.24) is 0 Å². The van der Waals surface area contributed by atoms with E-state index in [4.69, 9.17) is 16.3 Å². The average Bonchev–Trinajstić information content (AvgIpc) is 2.97. The quantitative estimate of drug-likeness (QED) is 0.698. The fourth-order valence-electron chi connectivity index (χ4n) is 3.82. The van der Waals surface area contributed by atoms with Gasteiger partial charge in [0.1, 0.15) is 10.8 Å². The summed E-state index contributed by atoms with van der Waals surface area (Å²) in [7, 11) is 1.57. The van der Waals surface area contributed by atoms with E-state index < -0.39 is 11.8 Å². The highest BCUT2D eigenvalue weighted by Crippen LogP contribution is 2.36. The van der Waals surface area contributed by atoms with Gasteiger partial charge in [-0.2, -0.15) is 0 Å². The molecule has 0 aliphatic carbocycles. The van der Waals surface area contributed by atoms with Crippen LogP contribution in [0.3, 0.4) is 0 Å². The lowest BCUT2D eigenvalue weighted by Gasteiger charge is -2.32. The molecule has 1 fully saturated rings. The van der Waals surface area contributed by atoms with E-state index in [-0.39, 0.29) is 10.6 Å². The van der Waals surface area contributed by atoms with Crippen LogP contribution in [0.2, 0.25) is 0 Å². The highest BCUT2D eigenvalue weighted by molar-refractivity contribution is 6.60. The Hall–Kier alpha value is -2.79. The first-order valence-corrected chi connectivity index (χ1v) is 10.2. The first-order valence-electron chi connectivity index (χ1n) is 9.77. The van der Waals surface area contributed by atoms with Crippen molar-refractivity contribution < 1.29 is 14.3 Å². The van der Waals surface area contributed by atoms with Crippen LogP contribution < -0.4 is 14.5 Å². The maximum Gasteiger partial charge on any atom is 0.277 e. The molecular formula is C23H23ClN2O3. The molecule has 1 saturated heterocycles. The van der Waals surface area contributed by atoms with Gasteiger partial charge in [0, 0.05) is 18.8 Å². The van der Waals surface area contributed by atoms with E-state index in [1.165, 1.54) is 12.8 Å². The number of hydrogen-bond donors (Lipinski definition) is 0. The molecular weight excluding hydrogens is 388 g/mol. The number of piperidine rings is 1. The van der Waals surface area contributed by atoms with E-state index in [1.807, 2.05) is 24.3 Å². The zero-order valence-electron chi connectivity index (χ0n) is 16.5. The van der Waals surface area contributed by atoms with Gasteiger partial charge < -0.3 is 9.64 Å². The third kappa shape index (κ3) is 3.62. The van der Waals surface area contributed by atoms with Crippen molar-refractivity contribution in [2.45, 2.75) is 19.8 Å². The molecule has 2 aromatic rings. The molecule has 0 spiro atoms. The van der Waals surface area contributed by atoms with E-state index >= 15 is 0 Å². The van der Waals surface area contributed by atoms with Crippen LogP contribution in [0.4, 0.5) is 11.4 Å². The molecule has 5 nitrogen and oxygen atoms in total. The number of ether oxygens (including phenoxy) is 1. The predicted octanol–water partition coefficient (Wildman–Crippen LogP) is 4.45.